The normalized spacial score (nSPS) is 14.6. The molecule has 4 nitrogen and oxygen atoms in total. The molecule has 0 saturated heterocycles. The maximum Gasteiger partial charge on any atom is 0.202 e. The van der Waals surface area contributed by atoms with Crippen LogP contribution in [0, 0.1) is 0 Å². The Bertz CT molecular complexity index is 517. The van der Waals surface area contributed by atoms with Gasteiger partial charge in [0.15, 0.2) is 0 Å². The Morgan fingerprint density at radius 3 is 2.24 bits per heavy atom. The molecule has 0 fully saturated rings. The Labute approximate surface area is 99.2 Å². The van der Waals surface area contributed by atoms with Crippen LogP contribution < -0.4 is 0 Å². The Morgan fingerprint density at radius 1 is 1.06 bits per heavy atom. The van der Waals surface area contributed by atoms with Crippen LogP contribution in [-0.2, 0) is 12.8 Å². The molecule has 0 aliphatic heterocycles. The van der Waals surface area contributed by atoms with Crippen LogP contribution in [0.2, 0.25) is 0 Å². The van der Waals surface area contributed by atoms with Crippen molar-refractivity contribution in [2.75, 3.05) is 0 Å². The zero-order valence-corrected chi connectivity index (χ0v) is 9.43. The summed E-state index contributed by atoms with van der Waals surface area (Å²) in [5.41, 5.74) is 2.46. The van der Waals surface area contributed by atoms with E-state index in [1.807, 2.05) is 6.07 Å². The van der Waals surface area contributed by atoms with Crippen LogP contribution in [0.1, 0.15) is 24.0 Å². The molecule has 0 radical (unpaired) electrons. The Kier molecular flexibility index (Phi) is 2.28. The quantitative estimate of drug-likeness (QED) is 0.789. The summed E-state index contributed by atoms with van der Waals surface area (Å²) in [6.45, 7) is 0. The van der Waals surface area contributed by atoms with Gasteiger partial charge in [-0.3, -0.25) is 4.98 Å². The van der Waals surface area contributed by atoms with Crippen molar-refractivity contribution in [1.29, 1.82) is 0 Å². The van der Waals surface area contributed by atoms with Crippen molar-refractivity contribution in [3.63, 3.8) is 0 Å². The molecule has 2 heterocycles. The second kappa shape index (κ2) is 3.80. The second-order valence-corrected chi connectivity index (χ2v) is 4.36. The van der Waals surface area contributed by atoms with Crippen LogP contribution in [0.5, 0.6) is 11.8 Å². The molecule has 0 saturated carbocycles. The van der Waals surface area contributed by atoms with Crippen LogP contribution in [0.4, 0.5) is 0 Å². The molecule has 0 aromatic carbocycles. The molecule has 2 aromatic rings. The smallest absolute Gasteiger partial charge is 0.202 e. The summed E-state index contributed by atoms with van der Waals surface area (Å²) in [4.78, 5) is 4.01. The van der Waals surface area contributed by atoms with E-state index in [1.54, 1.807) is 18.5 Å². The molecule has 0 atom stereocenters. The van der Waals surface area contributed by atoms with Gasteiger partial charge >= 0.3 is 0 Å². The van der Waals surface area contributed by atoms with Crippen molar-refractivity contribution in [3.05, 3.63) is 35.7 Å². The Morgan fingerprint density at radius 2 is 1.71 bits per heavy atom. The van der Waals surface area contributed by atoms with Gasteiger partial charge in [-0.1, -0.05) is 0 Å². The van der Waals surface area contributed by atoms with Gasteiger partial charge in [-0.05, 0) is 37.8 Å². The summed E-state index contributed by atoms with van der Waals surface area (Å²) in [7, 11) is 0. The molecule has 0 spiro atoms. The highest BCUT2D eigenvalue weighted by atomic mass is 16.3. The van der Waals surface area contributed by atoms with Gasteiger partial charge in [-0.15, -0.1) is 0 Å². The number of hydrogen-bond acceptors (Lipinski definition) is 3. The minimum atomic E-state index is 0.158. The maximum atomic E-state index is 10.2. The Balaban J connectivity index is 2.21. The number of fused-ring (bicyclic) bond motifs is 1. The van der Waals surface area contributed by atoms with Gasteiger partial charge in [0.05, 0.1) is 11.9 Å². The number of aromatic nitrogens is 2. The summed E-state index contributed by atoms with van der Waals surface area (Å²) in [5, 5.41) is 20.4. The van der Waals surface area contributed by atoms with E-state index in [-0.39, 0.29) is 11.8 Å². The number of pyridine rings is 1. The predicted octanol–water partition coefficient (Wildman–Crippen LogP) is 2.16. The van der Waals surface area contributed by atoms with Gasteiger partial charge in [0, 0.05) is 17.3 Å². The van der Waals surface area contributed by atoms with Crippen molar-refractivity contribution >= 4 is 0 Å². The van der Waals surface area contributed by atoms with E-state index in [0.717, 1.165) is 36.8 Å². The first-order valence-electron chi connectivity index (χ1n) is 5.84. The first-order valence-corrected chi connectivity index (χ1v) is 5.84. The van der Waals surface area contributed by atoms with Gasteiger partial charge in [0.1, 0.15) is 0 Å². The summed E-state index contributed by atoms with van der Waals surface area (Å²) >= 11 is 0. The number of aromatic hydroxyl groups is 2. The van der Waals surface area contributed by atoms with Crippen molar-refractivity contribution in [2.24, 2.45) is 0 Å². The lowest BCUT2D eigenvalue weighted by molar-refractivity contribution is 0.399. The van der Waals surface area contributed by atoms with Crippen LogP contribution in [-0.4, -0.2) is 19.8 Å². The van der Waals surface area contributed by atoms with E-state index in [9.17, 15) is 10.2 Å². The molecule has 17 heavy (non-hydrogen) atoms. The molecule has 1 aliphatic carbocycles. The average Bonchev–Trinajstić information content (AvgIpc) is 2.64. The molecule has 0 unspecified atom stereocenters. The number of rotatable bonds is 1. The lowest BCUT2D eigenvalue weighted by atomic mass is 9.95. The second-order valence-electron chi connectivity index (χ2n) is 4.36. The molecule has 1 aliphatic rings. The highest BCUT2D eigenvalue weighted by molar-refractivity contribution is 5.52. The van der Waals surface area contributed by atoms with Gasteiger partial charge in [-0.2, -0.15) is 0 Å². The topological polar surface area (TPSA) is 58.3 Å². The van der Waals surface area contributed by atoms with Gasteiger partial charge < -0.3 is 10.2 Å². The monoisotopic (exact) mass is 230 g/mol. The van der Waals surface area contributed by atoms with Crippen LogP contribution in [0.15, 0.2) is 24.5 Å². The highest BCUT2D eigenvalue weighted by Gasteiger charge is 2.24. The lowest BCUT2D eigenvalue weighted by Crippen LogP contribution is -1.98. The van der Waals surface area contributed by atoms with E-state index >= 15 is 0 Å². The molecule has 2 aromatic heterocycles. The summed E-state index contributed by atoms with van der Waals surface area (Å²) in [6.07, 6.45) is 7.10. The van der Waals surface area contributed by atoms with Crippen molar-refractivity contribution in [1.82, 2.24) is 9.55 Å². The van der Waals surface area contributed by atoms with Crippen molar-refractivity contribution in [2.45, 2.75) is 25.7 Å². The fourth-order valence-corrected chi connectivity index (χ4v) is 2.50. The zero-order valence-electron chi connectivity index (χ0n) is 9.43. The standard InChI is InChI=1S/C13H14N2O2/c16-12-10-5-1-2-6-11(10)13(17)15(12)9-4-3-7-14-8-9/h3-4,7-8,16-17H,1-2,5-6H2. The first kappa shape index (κ1) is 10.2. The minimum Gasteiger partial charge on any atom is -0.494 e. The average molecular weight is 230 g/mol. The van der Waals surface area contributed by atoms with Gasteiger partial charge in [0.2, 0.25) is 11.8 Å². The summed E-state index contributed by atoms with van der Waals surface area (Å²) in [6, 6.07) is 3.60. The number of hydrogen-bond donors (Lipinski definition) is 2. The molecular formula is C13H14N2O2. The van der Waals surface area contributed by atoms with Crippen molar-refractivity contribution in [3.8, 4) is 17.4 Å². The van der Waals surface area contributed by atoms with Crippen LogP contribution >= 0.6 is 0 Å². The molecule has 2 N–H and O–H groups in total. The fraction of sp³-hybridized carbons (Fsp3) is 0.308. The van der Waals surface area contributed by atoms with E-state index in [2.05, 4.69) is 4.98 Å². The van der Waals surface area contributed by atoms with E-state index in [1.165, 1.54) is 4.57 Å². The molecule has 88 valence electrons. The minimum absolute atomic E-state index is 0.158. The summed E-state index contributed by atoms with van der Waals surface area (Å²) in [5.74, 6) is 0.315. The fourth-order valence-electron chi connectivity index (χ4n) is 2.50. The van der Waals surface area contributed by atoms with Crippen LogP contribution in [0.3, 0.4) is 0 Å². The molecule has 0 bridgehead atoms. The van der Waals surface area contributed by atoms with Crippen molar-refractivity contribution < 1.29 is 10.2 Å². The van der Waals surface area contributed by atoms with Crippen LogP contribution in [0.25, 0.3) is 5.69 Å². The third-order valence-electron chi connectivity index (χ3n) is 3.34. The highest BCUT2D eigenvalue weighted by Crippen LogP contribution is 2.40. The molecule has 3 rings (SSSR count). The zero-order chi connectivity index (χ0) is 11.8. The lowest BCUT2D eigenvalue weighted by Gasteiger charge is -2.09. The third kappa shape index (κ3) is 1.48. The van der Waals surface area contributed by atoms with E-state index in [4.69, 9.17) is 0 Å². The predicted molar refractivity (Wildman–Crippen MR) is 63.5 cm³/mol. The molecular weight excluding hydrogens is 216 g/mol. The first-order chi connectivity index (χ1) is 8.29. The third-order valence-corrected chi connectivity index (χ3v) is 3.34. The molecule has 4 heteroatoms. The SMILES string of the molecule is Oc1c2c(c(O)n1-c1cccnc1)CCCC2. The van der Waals surface area contributed by atoms with Gasteiger partial charge in [-0.25, -0.2) is 4.57 Å². The summed E-state index contributed by atoms with van der Waals surface area (Å²) < 4.78 is 1.48. The number of nitrogens with zero attached hydrogens (tertiary/aromatic N) is 2. The maximum absolute atomic E-state index is 10.2. The molecule has 0 amide bonds. The largest absolute Gasteiger partial charge is 0.494 e. The van der Waals surface area contributed by atoms with E-state index in [0.29, 0.717) is 5.69 Å². The Hall–Kier alpha value is -1.97. The van der Waals surface area contributed by atoms with E-state index < -0.39 is 0 Å². The van der Waals surface area contributed by atoms with Gasteiger partial charge in [0.25, 0.3) is 0 Å².